The topological polar surface area (TPSA) is 69.7 Å². The summed E-state index contributed by atoms with van der Waals surface area (Å²) >= 11 is 0. The van der Waals surface area contributed by atoms with Crippen LogP contribution >= 0.6 is 0 Å². The molecule has 7 heteroatoms. The van der Waals surface area contributed by atoms with Crippen LogP contribution in [0.4, 0.5) is 0 Å². The van der Waals surface area contributed by atoms with Crippen LogP contribution in [0.25, 0.3) is 0 Å². The first kappa shape index (κ1) is 21.0. The second-order valence-electron chi connectivity index (χ2n) is 7.80. The molecule has 1 aliphatic heterocycles. The van der Waals surface area contributed by atoms with Crippen molar-refractivity contribution in [3.63, 3.8) is 0 Å². The number of aryl methyl sites for hydroxylation is 1. The molecule has 0 atom stereocenters. The molecule has 2 aliphatic rings. The zero-order chi connectivity index (χ0) is 20.1. The largest absolute Gasteiger partial charge is 0.352 e. The van der Waals surface area contributed by atoms with E-state index in [-0.39, 0.29) is 10.8 Å². The highest BCUT2D eigenvalue weighted by molar-refractivity contribution is 7.89. The summed E-state index contributed by atoms with van der Waals surface area (Å²) in [6.07, 6.45) is 7.88. The van der Waals surface area contributed by atoms with Gasteiger partial charge in [-0.25, -0.2) is 8.42 Å². The summed E-state index contributed by atoms with van der Waals surface area (Å²) in [5.41, 5.74) is 2.48. The van der Waals surface area contributed by atoms with E-state index in [9.17, 15) is 13.2 Å². The van der Waals surface area contributed by atoms with Crippen molar-refractivity contribution in [3.8, 4) is 0 Å². The molecule has 0 saturated carbocycles. The molecule has 1 fully saturated rings. The van der Waals surface area contributed by atoms with Crippen molar-refractivity contribution >= 4 is 15.9 Å². The third-order valence-corrected chi connectivity index (χ3v) is 7.69. The number of piperazine rings is 1. The fourth-order valence-corrected chi connectivity index (χ4v) is 5.43. The van der Waals surface area contributed by atoms with Crippen LogP contribution in [0, 0.1) is 6.92 Å². The van der Waals surface area contributed by atoms with E-state index in [1.165, 1.54) is 28.8 Å². The Hall–Kier alpha value is -1.70. The van der Waals surface area contributed by atoms with E-state index in [0.717, 1.165) is 19.3 Å². The van der Waals surface area contributed by atoms with Gasteiger partial charge in [-0.05, 0) is 63.8 Å². The first-order valence-corrected chi connectivity index (χ1v) is 11.6. The highest BCUT2D eigenvalue weighted by Crippen LogP contribution is 2.23. The predicted octanol–water partition coefficient (Wildman–Crippen LogP) is 2.55. The second-order valence-corrected chi connectivity index (χ2v) is 9.71. The molecular weight excluding hydrogens is 374 g/mol. The number of hydrogen-bond acceptors (Lipinski definition) is 4. The number of amides is 1. The van der Waals surface area contributed by atoms with Crippen molar-refractivity contribution in [2.24, 2.45) is 0 Å². The number of carbonyl (C=O) groups is 1. The van der Waals surface area contributed by atoms with E-state index in [1.54, 1.807) is 19.1 Å². The van der Waals surface area contributed by atoms with Gasteiger partial charge in [0.15, 0.2) is 0 Å². The Labute approximate surface area is 168 Å². The molecule has 1 aromatic rings. The molecule has 6 nitrogen and oxygen atoms in total. The first-order valence-electron chi connectivity index (χ1n) is 10.1. The number of sulfonamides is 1. The lowest BCUT2D eigenvalue weighted by Gasteiger charge is -2.32. The Balaban J connectivity index is 1.68. The van der Waals surface area contributed by atoms with Gasteiger partial charge in [0.25, 0.3) is 5.91 Å². The van der Waals surface area contributed by atoms with E-state index in [2.05, 4.69) is 16.3 Å². The summed E-state index contributed by atoms with van der Waals surface area (Å²) in [7, 11) is -1.60. The molecule has 1 heterocycles. The van der Waals surface area contributed by atoms with Gasteiger partial charge in [-0.1, -0.05) is 17.7 Å². The Morgan fingerprint density at radius 1 is 1.14 bits per heavy atom. The van der Waals surface area contributed by atoms with Crippen LogP contribution in [0.3, 0.4) is 0 Å². The fraction of sp³-hybridized carbons (Fsp3) is 0.571. The van der Waals surface area contributed by atoms with E-state index in [1.807, 2.05) is 7.05 Å². The second kappa shape index (κ2) is 9.20. The van der Waals surface area contributed by atoms with E-state index in [0.29, 0.717) is 43.9 Å². The number of benzene rings is 1. The normalized spacial score (nSPS) is 19.3. The predicted molar refractivity (Wildman–Crippen MR) is 111 cm³/mol. The average molecular weight is 406 g/mol. The molecule has 1 amide bonds. The molecule has 0 spiro atoms. The number of hydrogen-bond donors (Lipinski definition) is 1. The lowest BCUT2D eigenvalue weighted by atomic mass is 9.97. The molecule has 0 bridgehead atoms. The summed E-state index contributed by atoms with van der Waals surface area (Å²) in [4.78, 5) is 14.9. The van der Waals surface area contributed by atoms with Gasteiger partial charge in [-0.3, -0.25) is 4.79 Å². The highest BCUT2D eigenvalue weighted by atomic mass is 32.2. The summed E-state index contributed by atoms with van der Waals surface area (Å²) in [6, 6.07) is 4.95. The van der Waals surface area contributed by atoms with Crippen LogP contribution in [-0.2, 0) is 10.0 Å². The molecule has 0 radical (unpaired) electrons. The van der Waals surface area contributed by atoms with E-state index >= 15 is 0 Å². The standard InChI is InChI=1S/C21H31N3O3S/c1-17-8-9-19(21(25)22-11-10-18-6-4-3-5-7-18)16-20(17)28(26,27)24-14-12-23(2)13-15-24/h6,8-9,16H,3-5,7,10-15H2,1-2H3,(H,22,25). The Kier molecular flexibility index (Phi) is 6.91. The third-order valence-electron chi connectivity index (χ3n) is 5.65. The van der Waals surface area contributed by atoms with Gasteiger partial charge in [0.05, 0.1) is 4.90 Å². The molecule has 1 aromatic carbocycles. The van der Waals surface area contributed by atoms with Crippen molar-refractivity contribution < 1.29 is 13.2 Å². The quantitative estimate of drug-likeness (QED) is 0.739. The Morgan fingerprint density at radius 3 is 2.57 bits per heavy atom. The molecule has 1 saturated heterocycles. The number of allylic oxidation sites excluding steroid dienone is 1. The molecule has 154 valence electrons. The number of carbonyl (C=O) groups excluding carboxylic acids is 1. The third kappa shape index (κ3) is 5.01. The number of nitrogens with zero attached hydrogens (tertiary/aromatic N) is 2. The van der Waals surface area contributed by atoms with Gasteiger partial charge < -0.3 is 10.2 Å². The smallest absolute Gasteiger partial charge is 0.251 e. The minimum Gasteiger partial charge on any atom is -0.352 e. The maximum absolute atomic E-state index is 13.1. The van der Waals surface area contributed by atoms with Gasteiger partial charge in [0, 0.05) is 38.3 Å². The average Bonchev–Trinajstić information content (AvgIpc) is 2.69. The van der Waals surface area contributed by atoms with Gasteiger partial charge in [-0.2, -0.15) is 4.31 Å². The highest BCUT2D eigenvalue weighted by Gasteiger charge is 2.29. The summed E-state index contributed by atoms with van der Waals surface area (Å²) in [6.45, 7) is 4.75. The molecule has 1 N–H and O–H groups in total. The van der Waals surface area contributed by atoms with Crippen LogP contribution in [0.1, 0.15) is 48.0 Å². The minimum atomic E-state index is -3.59. The van der Waals surface area contributed by atoms with E-state index in [4.69, 9.17) is 0 Å². The SMILES string of the molecule is Cc1ccc(C(=O)NCCC2=CCCCC2)cc1S(=O)(=O)N1CCN(C)CC1. The van der Waals surface area contributed by atoms with Gasteiger partial charge in [0.1, 0.15) is 0 Å². The van der Waals surface area contributed by atoms with E-state index < -0.39 is 10.0 Å². The molecule has 0 aromatic heterocycles. The summed E-state index contributed by atoms with van der Waals surface area (Å²) < 4.78 is 27.7. The van der Waals surface area contributed by atoms with Gasteiger partial charge in [0.2, 0.25) is 10.0 Å². The van der Waals surface area contributed by atoms with Crippen molar-refractivity contribution in [2.75, 3.05) is 39.8 Å². The number of likely N-dealkylation sites (N-methyl/N-ethyl adjacent to an activating group) is 1. The zero-order valence-corrected chi connectivity index (χ0v) is 17.7. The van der Waals surface area contributed by atoms with Crippen LogP contribution in [0.5, 0.6) is 0 Å². The fourth-order valence-electron chi connectivity index (χ4n) is 3.76. The molecular formula is C21H31N3O3S. The molecule has 0 unspecified atom stereocenters. The maximum atomic E-state index is 13.1. The van der Waals surface area contributed by atoms with Crippen molar-refractivity contribution in [1.29, 1.82) is 0 Å². The van der Waals surface area contributed by atoms with Gasteiger partial charge >= 0.3 is 0 Å². The van der Waals surface area contributed by atoms with Crippen molar-refractivity contribution in [3.05, 3.63) is 41.0 Å². The lowest BCUT2D eigenvalue weighted by molar-refractivity contribution is 0.0954. The zero-order valence-electron chi connectivity index (χ0n) is 16.9. The maximum Gasteiger partial charge on any atom is 0.251 e. The van der Waals surface area contributed by atoms with Crippen molar-refractivity contribution in [1.82, 2.24) is 14.5 Å². The molecule has 1 aliphatic carbocycles. The number of rotatable bonds is 6. The Morgan fingerprint density at radius 2 is 1.89 bits per heavy atom. The summed E-state index contributed by atoms with van der Waals surface area (Å²) in [5.74, 6) is -0.216. The Bertz CT molecular complexity index is 840. The summed E-state index contributed by atoms with van der Waals surface area (Å²) in [5, 5.41) is 2.93. The van der Waals surface area contributed by atoms with Crippen molar-refractivity contribution in [2.45, 2.75) is 43.9 Å². The molecule has 3 rings (SSSR count). The van der Waals surface area contributed by atoms with Crippen LogP contribution in [0.15, 0.2) is 34.7 Å². The lowest BCUT2D eigenvalue weighted by Crippen LogP contribution is -2.47. The monoisotopic (exact) mass is 405 g/mol. The van der Waals surface area contributed by atoms with Crippen LogP contribution in [-0.4, -0.2) is 63.3 Å². The van der Waals surface area contributed by atoms with Gasteiger partial charge in [-0.15, -0.1) is 0 Å². The van der Waals surface area contributed by atoms with Crippen LogP contribution < -0.4 is 5.32 Å². The van der Waals surface area contributed by atoms with Crippen LogP contribution in [0.2, 0.25) is 0 Å². The minimum absolute atomic E-state index is 0.216. The first-order chi connectivity index (χ1) is 13.4. The molecule has 28 heavy (non-hydrogen) atoms. The number of nitrogens with one attached hydrogen (secondary N) is 1.